The smallest absolute Gasteiger partial charge is 0.168 e. The number of hydrogen-bond donors (Lipinski definition) is 2. The number of anilines is 1. The van der Waals surface area contributed by atoms with Gasteiger partial charge in [0.05, 0.1) is 23.9 Å². The Morgan fingerprint density at radius 1 is 1.16 bits per heavy atom. The van der Waals surface area contributed by atoms with Crippen LogP contribution in [0.3, 0.4) is 0 Å². The standard InChI is InChI=1S/C24H30N4O3/c1-24(2,31)19-5-3-18(4-6-19)21(30)15-20-16-23(28-22(26-20)7-11-25-28)27-12-8-17(9-13-27)10-14-29/h3-7,11,16-17,29,31H,8-10,12-15H2,1-2H3. The van der Waals surface area contributed by atoms with E-state index in [0.717, 1.165) is 55.1 Å². The van der Waals surface area contributed by atoms with Gasteiger partial charge in [-0.1, -0.05) is 24.3 Å². The fraction of sp³-hybridized carbons (Fsp3) is 0.458. The number of hydrogen-bond acceptors (Lipinski definition) is 6. The molecule has 1 aliphatic heterocycles. The summed E-state index contributed by atoms with van der Waals surface area (Å²) in [6.45, 7) is 5.49. The normalized spacial score (nSPS) is 15.5. The largest absolute Gasteiger partial charge is 0.396 e. The second-order valence-electron chi connectivity index (χ2n) is 8.89. The summed E-state index contributed by atoms with van der Waals surface area (Å²) >= 11 is 0. The van der Waals surface area contributed by atoms with Crippen molar-refractivity contribution in [1.82, 2.24) is 14.6 Å². The van der Waals surface area contributed by atoms with Gasteiger partial charge in [-0.15, -0.1) is 0 Å². The number of benzene rings is 1. The lowest BCUT2D eigenvalue weighted by molar-refractivity contribution is 0.0784. The molecule has 1 aromatic carbocycles. The number of aliphatic hydroxyl groups is 2. The van der Waals surface area contributed by atoms with E-state index in [1.54, 1.807) is 44.3 Å². The van der Waals surface area contributed by atoms with Crippen LogP contribution in [0.15, 0.2) is 42.6 Å². The summed E-state index contributed by atoms with van der Waals surface area (Å²) in [6, 6.07) is 10.9. The van der Waals surface area contributed by atoms with Gasteiger partial charge in [0.15, 0.2) is 11.4 Å². The van der Waals surface area contributed by atoms with E-state index in [0.29, 0.717) is 11.5 Å². The molecule has 0 atom stereocenters. The Bertz CT molecular complexity index is 1040. The lowest BCUT2D eigenvalue weighted by atomic mass is 9.94. The van der Waals surface area contributed by atoms with Crippen molar-refractivity contribution in [2.24, 2.45) is 5.92 Å². The average Bonchev–Trinajstić information content (AvgIpc) is 3.22. The zero-order valence-electron chi connectivity index (χ0n) is 18.2. The van der Waals surface area contributed by atoms with Crippen molar-refractivity contribution in [3.05, 3.63) is 59.4 Å². The first-order valence-electron chi connectivity index (χ1n) is 10.9. The Morgan fingerprint density at radius 3 is 2.52 bits per heavy atom. The highest BCUT2D eigenvalue weighted by Crippen LogP contribution is 2.26. The average molecular weight is 423 g/mol. The van der Waals surface area contributed by atoms with Crippen molar-refractivity contribution in [2.45, 2.75) is 45.1 Å². The van der Waals surface area contributed by atoms with Crippen molar-refractivity contribution in [3.8, 4) is 0 Å². The fourth-order valence-electron chi connectivity index (χ4n) is 4.23. The molecule has 7 heteroatoms. The Labute approximate surface area is 182 Å². The highest BCUT2D eigenvalue weighted by Gasteiger charge is 2.22. The summed E-state index contributed by atoms with van der Waals surface area (Å²) in [5.74, 6) is 1.51. The van der Waals surface area contributed by atoms with Crippen LogP contribution in [0.5, 0.6) is 0 Å². The van der Waals surface area contributed by atoms with Gasteiger partial charge >= 0.3 is 0 Å². The molecule has 1 saturated heterocycles. The predicted octanol–water partition coefficient (Wildman–Crippen LogP) is 2.98. The molecule has 4 rings (SSSR count). The molecule has 164 valence electrons. The Hall–Kier alpha value is -2.77. The van der Waals surface area contributed by atoms with E-state index in [1.807, 2.05) is 16.6 Å². The summed E-state index contributed by atoms with van der Waals surface area (Å²) in [4.78, 5) is 19.8. The lowest BCUT2D eigenvalue weighted by Crippen LogP contribution is -2.35. The van der Waals surface area contributed by atoms with Crippen LogP contribution in [0.1, 0.15) is 54.7 Å². The Kier molecular flexibility index (Phi) is 6.07. The van der Waals surface area contributed by atoms with E-state index in [2.05, 4.69) is 15.0 Å². The second kappa shape index (κ2) is 8.77. The van der Waals surface area contributed by atoms with Crippen molar-refractivity contribution in [2.75, 3.05) is 24.6 Å². The minimum Gasteiger partial charge on any atom is -0.396 e. The third-order valence-corrected chi connectivity index (χ3v) is 6.12. The van der Waals surface area contributed by atoms with Crippen LogP contribution in [0.2, 0.25) is 0 Å². The van der Waals surface area contributed by atoms with Crippen LogP contribution < -0.4 is 4.90 Å². The van der Waals surface area contributed by atoms with E-state index in [9.17, 15) is 15.0 Å². The molecule has 31 heavy (non-hydrogen) atoms. The summed E-state index contributed by atoms with van der Waals surface area (Å²) < 4.78 is 1.83. The van der Waals surface area contributed by atoms with Crippen LogP contribution in [-0.2, 0) is 12.0 Å². The number of ketones is 1. The molecule has 2 aromatic heterocycles. The molecular weight excluding hydrogens is 392 g/mol. The number of carbonyl (C=O) groups is 1. The predicted molar refractivity (Wildman–Crippen MR) is 119 cm³/mol. The number of piperidine rings is 1. The molecule has 1 aliphatic rings. The van der Waals surface area contributed by atoms with Crippen LogP contribution in [0.4, 0.5) is 5.82 Å². The van der Waals surface area contributed by atoms with E-state index in [-0.39, 0.29) is 18.8 Å². The quantitative estimate of drug-likeness (QED) is 0.569. The minimum absolute atomic E-state index is 0.00809. The minimum atomic E-state index is -0.935. The molecule has 0 saturated carbocycles. The van der Waals surface area contributed by atoms with Gasteiger partial charge in [0, 0.05) is 37.4 Å². The van der Waals surface area contributed by atoms with Crippen molar-refractivity contribution < 1.29 is 15.0 Å². The van der Waals surface area contributed by atoms with E-state index < -0.39 is 5.60 Å². The number of Topliss-reactive ketones (excluding diaryl/α,β-unsaturated/α-hetero) is 1. The highest BCUT2D eigenvalue weighted by atomic mass is 16.3. The third kappa shape index (κ3) is 4.78. The fourth-order valence-corrected chi connectivity index (χ4v) is 4.23. The van der Waals surface area contributed by atoms with Gasteiger partial charge in [-0.2, -0.15) is 9.61 Å². The molecule has 0 aliphatic carbocycles. The van der Waals surface area contributed by atoms with Crippen molar-refractivity contribution >= 4 is 17.2 Å². The van der Waals surface area contributed by atoms with Gasteiger partial charge in [0.1, 0.15) is 5.82 Å². The number of nitrogens with zero attached hydrogens (tertiary/aromatic N) is 4. The maximum absolute atomic E-state index is 12.9. The molecule has 7 nitrogen and oxygen atoms in total. The number of carbonyl (C=O) groups excluding carboxylic acids is 1. The number of aromatic nitrogens is 3. The molecule has 0 amide bonds. The molecule has 2 N–H and O–H groups in total. The van der Waals surface area contributed by atoms with Gasteiger partial charge in [0.2, 0.25) is 0 Å². The van der Waals surface area contributed by atoms with Crippen molar-refractivity contribution in [3.63, 3.8) is 0 Å². The zero-order valence-corrected chi connectivity index (χ0v) is 18.2. The SMILES string of the molecule is CC(C)(O)c1ccc(C(=O)Cc2cc(N3CCC(CCO)CC3)n3nccc3n2)cc1. The van der Waals surface area contributed by atoms with E-state index >= 15 is 0 Å². The van der Waals surface area contributed by atoms with Gasteiger partial charge in [-0.25, -0.2) is 4.98 Å². The lowest BCUT2D eigenvalue weighted by Gasteiger charge is -2.33. The molecule has 0 spiro atoms. The Balaban J connectivity index is 1.54. The molecule has 0 bridgehead atoms. The van der Waals surface area contributed by atoms with E-state index in [1.165, 1.54) is 0 Å². The molecule has 1 fully saturated rings. The second-order valence-corrected chi connectivity index (χ2v) is 8.89. The summed E-state index contributed by atoms with van der Waals surface area (Å²) in [5, 5.41) is 23.7. The number of fused-ring (bicyclic) bond motifs is 1. The summed E-state index contributed by atoms with van der Waals surface area (Å²) in [7, 11) is 0. The van der Waals surface area contributed by atoms with Gasteiger partial charge in [-0.05, 0) is 44.6 Å². The van der Waals surface area contributed by atoms with Crippen LogP contribution in [-0.4, -0.2) is 50.3 Å². The summed E-state index contributed by atoms with van der Waals surface area (Å²) in [6.07, 6.45) is 4.86. The van der Waals surface area contributed by atoms with Crippen LogP contribution in [0.25, 0.3) is 5.65 Å². The molecule has 3 heterocycles. The summed E-state index contributed by atoms with van der Waals surface area (Å²) in [5.41, 5.74) is 1.90. The monoisotopic (exact) mass is 422 g/mol. The maximum Gasteiger partial charge on any atom is 0.168 e. The molecular formula is C24H30N4O3. The first kappa shape index (κ1) is 21.5. The first-order chi connectivity index (χ1) is 14.8. The molecule has 0 radical (unpaired) electrons. The zero-order chi connectivity index (χ0) is 22.0. The number of rotatable bonds is 7. The third-order valence-electron chi connectivity index (χ3n) is 6.12. The first-order valence-corrected chi connectivity index (χ1v) is 10.9. The number of aliphatic hydroxyl groups excluding tert-OH is 1. The Morgan fingerprint density at radius 2 is 1.87 bits per heavy atom. The molecule has 0 unspecified atom stereocenters. The van der Waals surface area contributed by atoms with Crippen LogP contribution in [0, 0.1) is 5.92 Å². The topological polar surface area (TPSA) is 91.0 Å². The van der Waals surface area contributed by atoms with Gasteiger partial charge < -0.3 is 15.1 Å². The van der Waals surface area contributed by atoms with Crippen LogP contribution >= 0.6 is 0 Å². The van der Waals surface area contributed by atoms with Gasteiger partial charge in [0.25, 0.3) is 0 Å². The molecule has 3 aromatic rings. The maximum atomic E-state index is 12.9. The highest BCUT2D eigenvalue weighted by molar-refractivity contribution is 5.97. The van der Waals surface area contributed by atoms with Gasteiger partial charge in [-0.3, -0.25) is 4.79 Å². The van der Waals surface area contributed by atoms with E-state index in [4.69, 9.17) is 0 Å². The van der Waals surface area contributed by atoms with Crippen molar-refractivity contribution in [1.29, 1.82) is 0 Å².